The lowest BCUT2D eigenvalue weighted by Crippen LogP contribution is -2.46. The zero-order chi connectivity index (χ0) is 20.6. The van der Waals surface area contributed by atoms with Crippen LogP contribution in [0.4, 0.5) is 4.39 Å². The standard InChI is InChI=1S/C22H32FN3O3/c1-17(27)24-13-22(28)26(16-20-6-4-12-29-20)14-18-8-10-25(11-9-18)15-19-5-2-3-7-21(19)23/h2-3,5,7,18,20H,4,6,8-16H2,1H3,(H,24,27). The van der Waals surface area contributed by atoms with E-state index in [-0.39, 0.29) is 30.3 Å². The first-order valence-corrected chi connectivity index (χ1v) is 10.6. The van der Waals surface area contributed by atoms with E-state index in [0.717, 1.165) is 50.9 Å². The highest BCUT2D eigenvalue weighted by Crippen LogP contribution is 2.22. The third kappa shape index (κ3) is 6.78. The fourth-order valence-electron chi connectivity index (χ4n) is 4.13. The summed E-state index contributed by atoms with van der Waals surface area (Å²) in [7, 11) is 0. The Hall–Kier alpha value is -1.99. The molecule has 1 aromatic carbocycles. The number of rotatable bonds is 8. The highest BCUT2D eigenvalue weighted by Gasteiger charge is 2.27. The maximum Gasteiger partial charge on any atom is 0.242 e. The predicted octanol–water partition coefficient (Wildman–Crippen LogP) is 2.18. The largest absolute Gasteiger partial charge is 0.376 e. The van der Waals surface area contributed by atoms with Crippen LogP contribution in [0, 0.1) is 11.7 Å². The van der Waals surface area contributed by atoms with Gasteiger partial charge < -0.3 is 15.0 Å². The average molecular weight is 406 g/mol. The summed E-state index contributed by atoms with van der Waals surface area (Å²) in [5, 5.41) is 2.61. The van der Waals surface area contributed by atoms with Crippen LogP contribution >= 0.6 is 0 Å². The highest BCUT2D eigenvalue weighted by atomic mass is 19.1. The normalized spacial score (nSPS) is 20.6. The number of piperidine rings is 1. The number of amides is 2. The summed E-state index contributed by atoms with van der Waals surface area (Å²) in [6.07, 6.45) is 4.06. The van der Waals surface area contributed by atoms with Crippen LogP contribution in [-0.2, 0) is 20.9 Å². The van der Waals surface area contributed by atoms with Crippen LogP contribution in [0.3, 0.4) is 0 Å². The van der Waals surface area contributed by atoms with Crippen LogP contribution in [-0.4, -0.2) is 67.0 Å². The molecular weight excluding hydrogens is 373 g/mol. The topological polar surface area (TPSA) is 61.9 Å². The molecule has 1 aromatic rings. The van der Waals surface area contributed by atoms with Crippen molar-refractivity contribution in [2.45, 2.75) is 45.3 Å². The number of benzene rings is 1. The van der Waals surface area contributed by atoms with E-state index in [2.05, 4.69) is 10.2 Å². The molecule has 2 fully saturated rings. The van der Waals surface area contributed by atoms with E-state index in [1.165, 1.54) is 13.0 Å². The van der Waals surface area contributed by atoms with Crippen molar-refractivity contribution in [1.82, 2.24) is 15.1 Å². The van der Waals surface area contributed by atoms with Gasteiger partial charge in [0.15, 0.2) is 0 Å². The molecule has 7 heteroatoms. The molecule has 29 heavy (non-hydrogen) atoms. The second kappa shape index (κ2) is 10.7. The molecule has 0 saturated carbocycles. The minimum absolute atomic E-state index is 0.0359. The van der Waals surface area contributed by atoms with Gasteiger partial charge in [-0.2, -0.15) is 0 Å². The van der Waals surface area contributed by atoms with E-state index in [0.29, 0.717) is 25.6 Å². The summed E-state index contributed by atoms with van der Waals surface area (Å²) in [4.78, 5) is 28.0. The van der Waals surface area contributed by atoms with Gasteiger partial charge in [-0.15, -0.1) is 0 Å². The van der Waals surface area contributed by atoms with Crippen molar-refractivity contribution in [2.24, 2.45) is 5.92 Å². The second-order valence-electron chi connectivity index (χ2n) is 8.15. The van der Waals surface area contributed by atoms with E-state index in [1.807, 2.05) is 17.0 Å². The average Bonchev–Trinajstić information content (AvgIpc) is 3.22. The zero-order valence-electron chi connectivity index (χ0n) is 17.2. The van der Waals surface area contributed by atoms with Crippen LogP contribution in [0.2, 0.25) is 0 Å². The molecule has 3 rings (SSSR count). The van der Waals surface area contributed by atoms with Gasteiger partial charge in [-0.05, 0) is 50.8 Å². The van der Waals surface area contributed by atoms with Gasteiger partial charge in [-0.1, -0.05) is 18.2 Å². The fraction of sp³-hybridized carbons (Fsp3) is 0.636. The summed E-state index contributed by atoms with van der Waals surface area (Å²) in [6, 6.07) is 6.93. The van der Waals surface area contributed by atoms with E-state index < -0.39 is 0 Å². The summed E-state index contributed by atoms with van der Waals surface area (Å²) in [5.41, 5.74) is 0.733. The molecule has 0 aliphatic carbocycles. The van der Waals surface area contributed by atoms with Crippen molar-refractivity contribution in [3.8, 4) is 0 Å². The number of carbonyl (C=O) groups is 2. The van der Waals surface area contributed by atoms with Crippen LogP contribution in [0.5, 0.6) is 0 Å². The Morgan fingerprint density at radius 3 is 2.62 bits per heavy atom. The number of nitrogens with one attached hydrogen (secondary N) is 1. The lowest BCUT2D eigenvalue weighted by molar-refractivity contribution is -0.134. The molecule has 1 N–H and O–H groups in total. The molecule has 0 aromatic heterocycles. The van der Waals surface area contributed by atoms with Gasteiger partial charge in [0.25, 0.3) is 0 Å². The third-order valence-corrected chi connectivity index (χ3v) is 5.83. The van der Waals surface area contributed by atoms with E-state index >= 15 is 0 Å². The highest BCUT2D eigenvalue weighted by molar-refractivity contribution is 5.83. The molecular formula is C22H32FN3O3. The van der Waals surface area contributed by atoms with Crippen molar-refractivity contribution in [3.05, 3.63) is 35.6 Å². The summed E-state index contributed by atoms with van der Waals surface area (Å²) >= 11 is 0. The van der Waals surface area contributed by atoms with Crippen LogP contribution in [0.15, 0.2) is 24.3 Å². The Labute approximate surface area is 172 Å². The van der Waals surface area contributed by atoms with Crippen LogP contribution in [0.25, 0.3) is 0 Å². The zero-order valence-corrected chi connectivity index (χ0v) is 17.2. The Kier molecular flexibility index (Phi) is 8.00. The predicted molar refractivity (Wildman–Crippen MR) is 109 cm³/mol. The first-order valence-electron chi connectivity index (χ1n) is 10.6. The first kappa shape index (κ1) is 21.7. The van der Waals surface area contributed by atoms with Crippen molar-refractivity contribution >= 4 is 11.8 Å². The van der Waals surface area contributed by atoms with Gasteiger partial charge in [0.1, 0.15) is 5.82 Å². The lowest BCUT2D eigenvalue weighted by atomic mass is 9.95. The number of ether oxygens (including phenoxy) is 1. The van der Waals surface area contributed by atoms with E-state index in [1.54, 1.807) is 6.07 Å². The minimum atomic E-state index is -0.197. The summed E-state index contributed by atoms with van der Waals surface area (Å²) in [6.45, 7) is 5.91. The molecule has 6 nitrogen and oxygen atoms in total. The third-order valence-electron chi connectivity index (χ3n) is 5.83. The molecule has 1 atom stereocenters. The monoisotopic (exact) mass is 405 g/mol. The molecule has 2 amide bonds. The summed E-state index contributed by atoms with van der Waals surface area (Å²) in [5.74, 6) is 0.0110. The quantitative estimate of drug-likeness (QED) is 0.720. The number of hydrogen-bond acceptors (Lipinski definition) is 4. The van der Waals surface area contributed by atoms with Crippen LogP contribution < -0.4 is 5.32 Å². The van der Waals surface area contributed by atoms with Crippen LogP contribution in [0.1, 0.15) is 38.2 Å². The number of hydrogen-bond donors (Lipinski definition) is 1. The summed E-state index contributed by atoms with van der Waals surface area (Å²) < 4.78 is 19.6. The van der Waals surface area contributed by atoms with Crippen molar-refractivity contribution in [2.75, 3.05) is 39.3 Å². The molecule has 2 saturated heterocycles. The molecule has 0 bridgehead atoms. The smallest absolute Gasteiger partial charge is 0.242 e. The number of likely N-dealkylation sites (tertiary alicyclic amines) is 1. The van der Waals surface area contributed by atoms with Crippen molar-refractivity contribution in [3.63, 3.8) is 0 Å². The molecule has 0 spiro atoms. The maximum absolute atomic E-state index is 13.9. The Balaban J connectivity index is 1.50. The van der Waals surface area contributed by atoms with Gasteiger partial charge in [-0.3, -0.25) is 14.5 Å². The van der Waals surface area contributed by atoms with E-state index in [4.69, 9.17) is 4.74 Å². The molecule has 1 unspecified atom stereocenters. The number of nitrogens with zero attached hydrogens (tertiary/aromatic N) is 2. The SMILES string of the molecule is CC(=O)NCC(=O)N(CC1CCN(Cc2ccccc2F)CC1)CC1CCCO1. The number of halogens is 1. The Morgan fingerprint density at radius 1 is 1.21 bits per heavy atom. The Morgan fingerprint density at radius 2 is 1.97 bits per heavy atom. The first-order chi connectivity index (χ1) is 14.0. The van der Waals surface area contributed by atoms with Gasteiger partial charge in [-0.25, -0.2) is 4.39 Å². The Bertz CT molecular complexity index is 686. The van der Waals surface area contributed by atoms with Gasteiger partial charge in [0.05, 0.1) is 12.6 Å². The van der Waals surface area contributed by atoms with Gasteiger partial charge in [0.2, 0.25) is 11.8 Å². The van der Waals surface area contributed by atoms with E-state index in [9.17, 15) is 14.0 Å². The fourth-order valence-corrected chi connectivity index (χ4v) is 4.13. The lowest BCUT2D eigenvalue weighted by Gasteiger charge is -2.35. The van der Waals surface area contributed by atoms with Gasteiger partial charge in [0, 0.05) is 38.7 Å². The molecule has 2 aliphatic rings. The van der Waals surface area contributed by atoms with Gasteiger partial charge >= 0.3 is 0 Å². The second-order valence-corrected chi connectivity index (χ2v) is 8.15. The van der Waals surface area contributed by atoms with Crippen molar-refractivity contribution in [1.29, 1.82) is 0 Å². The minimum Gasteiger partial charge on any atom is -0.376 e. The number of carbonyl (C=O) groups excluding carboxylic acids is 2. The molecule has 0 radical (unpaired) electrons. The molecule has 2 aliphatic heterocycles. The van der Waals surface area contributed by atoms with Crippen molar-refractivity contribution < 1.29 is 18.7 Å². The molecule has 160 valence electrons. The molecule has 2 heterocycles. The maximum atomic E-state index is 13.9.